The van der Waals surface area contributed by atoms with Crippen molar-refractivity contribution in [3.63, 3.8) is 0 Å². The molecule has 1 saturated carbocycles. The Balaban J connectivity index is 2.01. The molecule has 0 bridgehead atoms. The van der Waals surface area contributed by atoms with Crippen molar-refractivity contribution >= 4 is 11.6 Å². The average molecular weight is 218 g/mol. The number of rotatable bonds is 2. The van der Waals surface area contributed by atoms with Gasteiger partial charge in [0.1, 0.15) is 0 Å². The minimum atomic E-state index is -0.0443. The Labute approximate surface area is 96.0 Å². The zero-order chi connectivity index (χ0) is 11.5. The lowest BCUT2D eigenvalue weighted by atomic mass is 10.1. The molecule has 86 valence electrons. The van der Waals surface area contributed by atoms with E-state index >= 15 is 0 Å². The minimum absolute atomic E-state index is 0.0443. The van der Waals surface area contributed by atoms with Gasteiger partial charge in [0.15, 0.2) is 0 Å². The maximum atomic E-state index is 11.9. The molecule has 0 radical (unpaired) electrons. The number of nitrogens with two attached hydrogens (primary N) is 1. The molecule has 3 heteroatoms. The summed E-state index contributed by atoms with van der Waals surface area (Å²) in [5.41, 5.74) is 6.89. The van der Waals surface area contributed by atoms with Crippen molar-refractivity contribution in [2.45, 2.75) is 32.2 Å². The first-order chi connectivity index (χ1) is 7.66. The van der Waals surface area contributed by atoms with E-state index in [1.807, 2.05) is 12.1 Å². The summed E-state index contributed by atoms with van der Waals surface area (Å²) >= 11 is 0. The van der Waals surface area contributed by atoms with Crippen molar-refractivity contribution in [1.82, 2.24) is 5.32 Å². The first-order valence-electron chi connectivity index (χ1n) is 5.82. The highest BCUT2D eigenvalue weighted by Gasteiger charge is 2.23. The lowest BCUT2D eigenvalue weighted by molar-refractivity contribution is 0.0938. The van der Waals surface area contributed by atoms with Crippen LogP contribution in [-0.2, 0) is 0 Å². The molecule has 0 aliphatic heterocycles. The van der Waals surface area contributed by atoms with Crippen LogP contribution in [0.2, 0.25) is 0 Å². The first-order valence-corrected chi connectivity index (χ1v) is 5.82. The van der Waals surface area contributed by atoms with Gasteiger partial charge in [0.2, 0.25) is 0 Å². The van der Waals surface area contributed by atoms with Crippen LogP contribution in [-0.4, -0.2) is 11.9 Å². The van der Waals surface area contributed by atoms with E-state index in [-0.39, 0.29) is 5.91 Å². The van der Waals surface area contributed by atoms with Gasteiger partial charge in [-0.25, -0.2) is 0 Å². The fourth-order valence-electron chi connectivity index (χ4n) is 2.31. The van der Waals surface area contributed by atoms with E-state index in [4.69, 9.17) is 5.73 Å². The lowest BCUT2D eigenvalue weighted by Gasteiger charge is -2.13. The van der Waals surface area contributed by atoms with E-state index in [1.54, 1.807) is 12.1 Å². The fraction of sp³-hybridized carbons (Fsp3) is 0.462. The van der Waals surface area contributed by atoms with Gasteiger partial charge in [-0.1, -0.05) is 19.1 Å². The maximum absolute atomic E-state index is 11.9. The van der Waals surface area contributed by atoms with E-state index in [0.717, 1.165) is 18.8 Å². The summed E-state index contributed by atoms with van der Waals surface area (Å²) in [5.74, 6) is 0.677. The smallest absolute Gasteiger partial charge is 0.253 e. The van der Waals surface area contributed by atoms with Gasteiger partial charge in [0, 0.05) is 11.7 Å². The third-order valence-corrected chi connectivity index (χ3v) is 3.24. The van der Waals surface area contributed by atoms with Crippen LogP contribution in [0, 0.1) is 5.92 Å². The molecule has 0 saturated heterocycles. The second kappa shape index (κ2) is 4.56. The van der Waals surface area contributed by atoms with Gasteiger partial charge in [-0.3, -0.25) is 4.79 Å². The molecule has 1 fully saturated rings. The van der Waals surface area contributed by atoms with Crippen LogP contribution in [0.25, 0.3) is 0 Å². The molecule has 1 aromatic carbocycles. The number of benzene rings is 1. The Kier molecular flexibility index (Phi) is 3.13. The second-order valence-electron chi connectivity index (χ2n) is 4.68. The number of hydrogen-bond acceptors (Lipinski definition) is 2. The number of amides is 1. The lowest BCUT2D eigenvalue weighted by Crippen LogP contribution is -2.33. The first kappa shape index (κ1) is 11.0. The summed E-state index contributed by atoms with van der Waals surface area (Å²) in [5, 5.41) is 3.05. The Morgan fingerprint density at radius 3 is 2.75 bits per heavy atom. The van der Waals surface area contributed by atoms with E-state index < -0.39 is 0 Å². The zero-order valence-electron chi connectivity index (χ0n) is 9.57. The van der Waals surface area contributed by atoms with E-state index in [1.165, 1.54) is 6.42 Å². The van der Waals surface area contributed by atoms with Crippen molar-refractivity contribution in [3.05, 3.63) is 29.8 Å². The van der Waals surface area contributed by atoms with Crippen LogP contribution in [0.4, 0.5) is 5.69 Å². The molecule has 1 aromatic rings. The summed E-state index contributed by atoms with van der Waals surface area (Å²) in [6.07, 6.45) is 3.37. The summed E-state index contributed by atoms with van der Waals surface area (Å²) < 4.78 is 0. The van der Waals surface area contributed by atoms with Gasteiger partial charge in [0.05, 0.1) is 5.56 Å². The predicted octanol–water partition coefficient (Wildman–Crippen LogP) is 2.19. The summed E-state index contributed by atoms with van der Waals surface area (Å²) in [4.78, 5) is 11.9. The quantitative estimate of drug-likeness (QED) is 0.748. The number of nitrogens with one attached hydrogen (secondary N) is 1. The highest BCUT2D eigenvalue weighted by Crippen LogP contribution is 2.25. The Morgan fingerprint density at radius 1 is 1.38 bits per heavy atom. The van der Waals surface area contributed by atoms with Crippen LogP contribution in [0.5, 0.6) is 0 Å². The average Bonchev–Trinajstić information content (AvgIpc) is 2.64. The molecule has 0 aromatic heterocycles. The van der Waals surface area contributed by atoms with Crippen LogP contribution in [0.15, 0.2) is 24.3 Å². The van der Waals surface area contributed by atoms with E-state index in [2.05, 4.69) is 12.2 Å². The summed E-state index contributed by atoms with van der Waals surface area (Å²) in [6.45, 7) is 2.23. The van der Waals surface area contributed by atoms with Crippen molar-refractivity contribution < 1.29 is 4.79 Å². The molecule has 0 spiro atoms. The number of hydrogen-bond donors (Lipinski definition) is 2. The van der Waals surface area contributed by atoms with Crippen molar-refractivity contribution in [1.29, 1.82) is 0 Å². The molecule has 3 N–H and O–H groups in total. The van der Waals surface area contributed by atoms with Crippen LogP contribution in [0.3, 0.4) is 0 Å². The molecule has 2 rings (SSSR count). The molecule has 0 heterocycles. The SMILES string of the molecule is CC1CCC(NC(=O)c2ccccc2N)C1. The fourth-order valence-corrected chi connectivity index (χ4v) is 2.31. The van der Waals surface area contributed by atoms with Gasteiger partial charge in [-0.05, 0) is 37.3 Å². The van der Waals surface area contributed by atoms with Gasteiger partial charge >= 0.3 is 0 Å². The van der Waals surface area contributed by atoms with Gasteiger partial charge in [0.25, 0.3) is 5.91 Å². The monoisotopic (exact) mass is 218 g/mol. The van der Waals surface area contributed by atoms with E-state index in [0.29, 0.717) is 17.3 Å². The number of para-hydroxylation sites is 1. The number of carbonyl (C=O) groups excluding carboxylic acids is 1. The maximum Gasteiger partial charge on any atom is 0.253 e. The summed E-state index contributed by atoms with van der Waals surface area (Å²) in [6, 6.07) is 7.52. The number of nitrogen functional groups attached to an aromatic ring is 1. The van der Waals surface area contributed by atoms with Gasteiger partial charge < -0.3 is 11.1 Å². The third kappa shape index (κ3) is 2.35. The van der Waals surface area contributed by atoms with Gasteiger partial charge in [-0.15, -0.1) is 0 Å². The van der Waals surface area contributed by atoms with Crippen LogP contribution < -0.4 is 11.1 Å². The largest absolute Gasteiger partial charge is 0.398 e. The standard InChI is InChI=1S/C13H18N2O/c1-9-6-7-10(8-9)15-13(16)11-4-2-3-5-12(11)14/h2-5,9-10H,6-8,14H2,1H3,(H,15,16). The van der Waals surface area contributed by atoms with E-state index in [9.17, 15) is 4.79 Å². The molecule has 2 atom stereocenters. The molecule has 2 unspecified atom stereocenters. The van der Waals surface area contributed by atoms with Crippen LogP contribution >= 0.6 is 0 Å². The second-order valence-corrected chi connectivity index (χ2v) is 4.68. The van der Waals surface area contributed by atoms with Crippen molar-refractivity contribution in [2.24, 2.45) is 5.92 Å². The molecular weight excluding hydrogens is 200 g/mol. The topological polar surface area (TPSA) is 55.1 Å². The highest BCUT2D eigenvalue weighted by molar-refractivity contribution is 5.99. The van der Waals surface area contributed by atoms with Crippen LogP contribution in [0.1, 0.15) is 36.5 Å². The Hall–Kier alpha value is -1.51. The van der Waals surface area contributed by atoms with Crippen molar-refractivity contribution in [3.8, 4) is 0 Å². The van der Waals surface area contributed by atoms with Gasteiger partial charge in [-0.2, -0.15) is 0 Å². The molecular formula is C13H18N2O. The van der Waals surface area contributed by atoms with Crippen molar-refractivity contribution in [2.75, 3.05) is 5.73 Å². The minimum Gasteiger partial charge on any atom is -0.398 e. The highest BCUT2D eigenvalue weighted by atomic mass is 16.1. The molecule has 16 heavy (non-hydrogen) atoms. The Bertz CT molecular complexity index is 389. The predicted molar refractivity (Wildman–Crippen MR) is 65.1 cm³/mol. The normalized spacial score (nSPS) is 24.3. The number of carbonyl (C=O) groups is 1. The molecule has 1 aliphatic rings. The molecule has 1 amide bonds. The number of anilines is 1. The third-order valence-electron chi connectivity index (χ3n) is 3.24. The summed E-state index contributed by atoms with van der Waals surface area (Å²) in [7, 11) is 0. The zero-order valence-corrected chi connectivity index (χ0v) is 9.57. The Morgan fingerprint density at radius 2 is 2.12 bits per heavy atom. The molecule has 3 nitrogen and oxygen atoms in total. The molecule has 1 aliphatic carbocycles.